The lowest BCUT2D eigenvalue weighted by Gasteiger charge is -2.29. The Balaban J connectivity index is 4.50. The van der Waals surface area contributed by atoms with Crippen LogP contribution in [0.3, 0.4) is 0 Å². The molecule has 0 aliphatic carbocycles. The molecular weight excluding hydrogens is 238 g/mol. The number of esters is 1. The van der Waals surface area contributed by atoms with Crippen LogP contribution in [0.25, 0.3) is 0 Å². The second-order valence-electron chi connectivity index (χ2n) is 6.15. The van der Waals surface area contributed by atoms with Gasteiger partial charge in [-0.25, -0.2) is 0 Å². The van der Waals surface area contributed by atoms with E-state index in [1.165, 1.54) is 13.8 Å². The smallest absolute Gasteiger partial charge is 0.309 e. The van der Waals surface area contributed by atoms with E-state index in [0.29, 0.717) is 11.0 Å². The Morgan fingerprint density at radius 2 is 1.83 bits per heavy atom. The first-order valence-electron chi connectivity index (χ1n) is 5.81. The van der Waals surface area contributed by atoms with Gasteiger partial charge in [0, 0.05) is 12.4 Å². The lowest BCUT2D eigenvalue weighted by Crippen LogP contribution is -2.45. The Bertz CT molecular complexity index is 301. The predicted molar refractivity (Wildman–Crippen MR) is 63.3 cm³/mol. The summed E-state index contributed by atoms with van der Waals surface area (Å²) in [6.45, 7) is 3.34. The van der Waals surface area contributed by atoms with Crippen LogP contribution in [-0.2, 0) is 14.3 Å². The standard InChI is InChI=1S/C12H23NO5/c1-12(2,17)7-11(16)18-9(6-10(14)15)8-13(3,4)5/h9,17H,6-8H2,1-5H3. The average Bonchev–Trinajstić information content (AvgIpc) is 1.92. The molecule has 0 heterocycles. The quantitative estimate of drug-likeness (QED) is 0.464. The number of ether oxygens (including phenoxy) is 1. The Kier molecular flexibility index (Phi) is 5.76. The van der Waals surface area contributed by atoms with E-state index in [2.05, 4.69) is 0 Å². The van der Waals surface area contributed by atoms with Crippen molar-refractivity contribution in [2.24, 2.45) is 0 Å². The first-order valence-corrected chi connectivity index (χ1v) is 5.81. The number of carbonyl (C=O) groups excluding carboxylic acids is 2. The van der Waals surface area contributed by atoms with Crippen molar-refractivity contribution < 1.29 is 29.0 Å². The summed E-state index contributed by atoms with van der Waals surface area (Å²) in [5, 5.41) is 20.1. The van der Waals surface area contributed by atoms with E-state index in [-0.39, 0.29) is 12.8 Å². The van der Waals surface area contributed by atoms with E-state index < -0.39 is 23.6 Å². The largest absolute Gasteiger partial charge is 0.550 e. The van der Waals surface area contributed by atoms with Crippen LogP contribution >= 0.6 is 0 Å². The van der Waals surface area contributed by atoms with E-state index in [1.54, 1.807) is 0 Å². The van der Waals surface area contributed by atoms with Gasteiger partial charge in [-0.05, 0) is 13.8 Å². The van der Waals surface area contributed by atoms with Crippen molar-refractivity contribution in [1.29, 1.82) is 0 Å². The van der Waals surface area contributed by atoms with Gasteiger partial charge in [0.15, 0.2) is 6.10 Å². The predicted octanol–water partition coefficient (Wildman–Crippen LogP) is -1.09. The van der Waals surface area contributed by atoms with Crippen molar-refractivity contribution in [2.45, 2.75) is 38.4 Å². The van der Waals surface area contributed by atoms with Crippen LogP contribution in [0.5, 0.6) is 0 Å². The van der Waals surface area contributed by atoms with Crippen molar-refractivity contribution in [3.63, 3.8) is 0 Å². The van der Waals surface area contributed by atoms with Gasteiger partial charge in [0.1, 0.15) is 6.54 Å². The molecule has 0 saturated heterocycles. The molecule has 0 aromatic heterocycles. The molecular formula is C12H23NO5. The summed E-state index contributed by atoms with van der Waals surface area (Å²) in [7, 11) is 5.60. The van der Waals surface area contributed by atoms with Crippen molar-refractivity contribution >= 4 is 11.9 Å². The molecule has 0 radical (unpaired) electrons. The van der Waals surface area contributed by atoms with E-state index in [1.807, 2.05) is 21.1 Å². The van der Waals surface area contributed by atoms with E-state index in [9.17, 15) is 19.8 Å². The molecule has 0 aliphatic rings. The number of aliphatic hydroxyl groups is 1. The molecule has 106 valence electrons. The molecule has 0 rings (SSSR count). The van der Waals surface area contributed by atoms with Crippen LogP contribution < -0.4 is 5.11 Å². The van der Waals surface area contributed by atoms with E-state index in [0.717, 1.165) is 0 Å². The molecule has 1 atom stereocenters. The Morgan fingerprint density at radius 1 is 1.33 bits per heavy atom. The molecule has 0 aliphatic heterocycles. The molecule has 6 nitrogen and oxygen atoms in total. The first kappa shape index (κ1) is 16.9. The third kappa shape index (κ3) is 10.0. The number of quaternary nitrogens is 1. The Morgan fingerprint density at radius 3 is 2.17 bits per heavy atom. The average molecular weight is 261 g/mol. The van der Waals surface area contributed by atoms with Crippen molar-refractivity contribution in [1.82, 2.24) is 0 Å². The number of carbonyl (C=O) groups is 2. The number of carboxylic acids is 1. The molecule has 0 aromatic carbocycles. The number of hydrogen-bond acceptors (Lipinski definition) is 5. The fourth-order valence-corrected chi connectivity index (χ4v) is 1.52. The highest BCUT2D eigenvalue weighted by Gasteiger charge is 2.25. The van der Waals surface area contributed by atoms with E-state index in [4.69, 9.17) is 4.74 Å². The van der Waals surface area contributed by atoms with Gasteiger partial charge in [0.05, 0.1) is 33.2 Å². The zero-order chi connectivity index (χ0) is 14.6. The maximum atomic E-state index is 11.5. The molecule has 0 aromatic rings. The molecule has 1 N–H and O–H groups in total. The van der Waals surface area contributed by atoms with Gasteiger partial charge in [-0.3, -0.25) is 4.79 Å². The summed E-state index contributed by atoms with van der Waals surface area (Å²) >= 11 is 0. The van der Waals surface area contributed by atoms with Crippen LogP contribution in [0.15, 0.2) is 0 Å². The minimum Gasteiger partial charge on any atom is -0.550 e. The van der Waals surface area contributed by atoms with Crippen molar-refractivity contribution in [3.05, 3.63) is 0 Å². The molecule has 0 amide bonds. The SMILES string of the molecule is CC(C)(O)CC(=O)OC(CC(=O)[O-])C[N+](C)(C)C. The van der Waals surface area contributed by atoms with E-state index >= 15 is 0 Å². The summed E-state index contributed by atoms with van der Waals surface area (Å²) in [5.41, 5.74) is -1.17. The van der Waals surface area contributed by atoms with Crippen LogP contribution in [0.1, 0.15) is 26.7 Å². The molecule has 0 fully saturated rings. The number of nitrogens with zero attached hydrogens (tertiary/aromatic N) is 1. The second kappa shape index (κ2) is 6.15. The van der Waals surface area contributed by atoms with Crippen LogP contribution in [0.2, 0.25) is 0 Å². The highest BCUT2D eigenvalue weighted by molar-refractivity contribution is 5.71. The maximum Gasteiger partial charge on any atom is 0.309 e. The Labute approximate surface area is 108 Å². The minimum atomic E-state index is -1.26. The summed E-state index contributed by atoms with van der Waals surface area (Å²) in [6.07, 6.45) is -1.26. The second-order valence-corrected chi connectivity index (χ2v) is 6.15. The lowest BCUT2D eigenvalue weighted by molar-refractivity contribution is -0.873. The first-order chi connectivity index (χ1) is 7.89. The number of hydrogen-bond donors (Lipinski definition) is 1. The fraction of sp³-hybridized carbons (Fsp3) is 0.833. The topological polar surface area (TPSA) is 86.7 Å². The van der Waals surface area contributed by atoms with Gasteiger partial charge < -0.3 is 24.2 Å². The fourth-order valence-electron chi connectivity index (χ4n) is 1.52. The monoisotopic (exact) mass is 261 g/mol. The number of carboxylic acid groups (broad SMARTS) is 1. The van der Waals surface area contributed by atoms with Crippen LogP contribution in [0.4, 0.5) is 0 Å². The van der Waals surface area contributed by atoms with Gasteiger partial charge >= 0.3 is 5.97 Å². The van der Waals surface area contributed by atoms with Crippen LogP contribution in [0, 0.1) is 0 Å². The highest BCUT2D eigenvalue weighted by Crippen LogP contribution is 2.11. The van der Waals surface area contributed by atoms with Crippen LogP contribution in [-0.4, -0.2) is 60.9 Å². The third-order valence-electron chi connectivity index (χ3n) is 2.02. The minimum absolute atomic E-state index is 0.173. The summed E-state index contributed by atoms with van der Waals surface area (Å²) in [4.78, 5) is 22.1. The molecule has 0 spiro atoms. The molecule has 0 saturated carbocycles. The van der Waals surface area contributed by atoms with Gasteiger partial charge in [0.25, 0.3) is 0 Å². The van der Waals surface area contributed by atoms with Gasteiger partial charge in [-0.15, -0.1) is 0 Å². The van der Waals surface area contributed by atoms with Crippen molar-refractivity contribution in [2.75, 3.05) is 27.7 Å². The zero-order valence-corrected chi connectivity index (χ0v) is 11.7. The number of aliphatic carboxylic acids is 1. The lowest BCUT2D eigenvalue weighted by atomic mass is 10.1. The number of likely N-dealkylation sites (N-methyl/N-ethyl adjacent to an activating group) is 1. The molecule has 6 heteroatoms. The summed E-state index contributed by atoms with van der Waals surface area (Å²) < 4.78 is 5.54. The van der Waals surface area contributed by atoms with Gasteiger partial charge in [-0.2, -0.15) is 0 Å². The number of rotatable bonds is 7. The maximum absolute atomic E-state index is 11.5. The zero-order valence-electron chi connectivity index (χ0n) is 11.7. The summed E-state index contributed by atoms with van der Waals surface area (Å²) in [5.74, 6) is -1.87. The summed E-state index contributed by atoms with van der Waals surface area (Å²) in [6, 6.07) is 0. The Hall–Kier alpha value is -1.14. The molecule has 1 unspecified atom stereocenters. The highest BCUT2D eigenvalue weighted by atomic mass is 16.5. The van der Waals surface area contributed by atoms with Gasteiger partial charge in [0.2, 0.25) is 0 Å². The van der Waals surface area contributed by atoms with Gasteiger partial charge in [-0.1, -0.05) is 0 Å². The molecule has 0 bridgehead atoms. The normalized spacial score (nSPS) is 14.1. The third-order valence-corrected chi connectivity index (χ3v) is 2.02. The van der Waals surface area contributed by atoms with Crippen molar-refractivity contribution in [3.8, 4) is 0 Å². The molecule has 18 heavy (non-hydrogen) atoms.